The number of hydrogen-bond donors (Lipinski definition) is 4. The highest BCUT2D eigenvalue weighted by atomic mass is 16.4. The van der Waals surface area contributed by atoms with Gasteiger partial charge in [0.1, 0.15) is 11.4 Å². The molecule has 4 aromatic rings. The molecule has 7 rings (SSSR count). The second kappa shape index (κ2) is 7.20. The maximum atomic E-state index is 13.3. The zero-order valence-electron chi connectivity index (χ0n) is 17.4. The van der Waals surface area contributed by atoms with Crippen molar-refractivity contribution in [3.05, 3.63) is 58.4 Å². The first-order valence-corrected chi connectivity index (χ1v) is 10.9. The number of piperidine rings is 3. The molecule has 0 spiro atoms. The van der Waals surface area contributed by atoms with Gasteiger partial charge in [-0.1, -0.05) is 12.1 Å². The van der Waals surface area contributed by atoms with Gasteiger partial charge in [-0.2, -0.15) is 0 Å². The lowest BCUT2D eigenvalue weighted by molar-refractivity contribution is 0.0697. The lowest BCUT2D eigenvalue weighted by atomic mass is 9.83. The highest BCUT2D eigenvalue weighted by molar-refractivity contribution is 6.02. The molecule has 5 heterocycles. The number of hydrogen-bond acceptors (Lipinski definition) is 5. The topological polar surface area (TPSA) is 114 Å². The fourth-order valence-corrected chi connectivity index (χ4v) is 5.19. The molecule has 2 aromatic carbocycles. The third-order valence-electron chi connectivity index (χ3n) is 6.87. The number of fused-ring (bicyclic) bond motifs is 5. The average molecular weight is 429 g/mol. The molecule has 0 saturated carbocycles. The van der Waals surface area contributed by atoms with E-state index in [4.69, 9.17) is 0 Å². The molecule has 2 bridgehead atoms. The van der Waals surface area contributed by atoms with Crippen LogP contribution in [-0.4, -0.2) is 56.6 Å². The van der Waals surface area contributed by atoms with Crippen LogP contribution in [0.25, 0.3) is 33.3 Å². The molecule has 1 atom stereocenters. The minimum absolute atomic E-state index is 0.137. The van der Waals surface area contributed by atoms with Crippen molar-refractivity contribution in [2.24, 2.45) is 5.92 Å². The SMILES string of the molecule is O=C(O)c1ccc2c(N[C@H]3CN4CCC3CC4)c(-c3nc4ccccc4[nH]3)c(=O)[nH]c2c1. The minimum atomic E-state index is -1.03. The van der Waals surface area contributed by atoms with E-state index in [0.29, 0.717) is 28.5 Å². The number of aromatic amines is 2. The van der Waals surface area contributed by atoms with Crippen molar-refractivity contribution in [1.82, 2.24) is 19.9 Å². The van der Waals surface area contributed by atoms with Gasteiger partial charge in [0.2, 0.25) is 0 Å². The van der Waals surface area contributed by atoms with Crippen LogP contribution < -0.4 is 10.9 Å². The van der Waals surface area contributed by atoms with Crippen molar-refractivity contribution in [2.75, 3.05) is 25.0 Å². The molecule has 8 heteroatoms. The summed E-state index contributed by atoms with van der Waals surface area (Å²) < 4.78 is 0. The Labute approximate surface area is 183 Å². The maximum absolute atomic E-state index is 13.3. The van der Waals surface area contributed by atoms with Crippen LogP contribution in [-0.2, 0) is 0 Å². The van der Waals surface area contributed by atoms with Crippen molar-refractivity contribution >= 4 is 33.6 Å². The van der Waals surface area contributed by atoms with Crippen LogP contribution in [0.5, 0.6) is 0 Å². The standard InChI is InChI=1S/C24H23N5O3/c30-23-20(22-26-16-3-1-2-4-17(16)27-22)21(25-19-12-29-9-7-13(19)8-10-29)15-6-5-14(24(31)32)11-18(15)28-23/h1-6,11,13,19H,7-10,12H2,(H,26,27)(H,31,32)(H2,25,28,30)/t19-/m0/s1. The molecule has 32 heavy (non-hydrogen) atoms. The molecular formula is C24H23N5O3. The summed E-state index contributed by atoms with van der Waals surface area (Å²) in [5, 5.41) is 13.9. The third kappa shape index (κ3) is 3.06. The van der Waals surface area contributed by atoms with E-state index in [9.17, 15) is 14.7 Å². The van der Waals surface area contributed by atoms with Gasteiger partial charge in [0, 0.05) is 18.0 Å². The molecule has 8 nitrogen and oxygen atoms in total. The Kier molecular flexibility index (Phi) is 4.29. The first-order chi connectivity index (χ1) is 15.6. The zero-order chi connectivity index (χ0) is 21.8. The average Bonchev–Trinajstić information content (AvgIpc) is 3.23. The number of nitrogens with one attached hydrogen (secondary N) is 3. The lowest BCUT2D eigenvalue weighted by Crippen LogP contribution is -2.53. The summed E-state index contributed by atoms with van der Waals surface area (Å²) >= 11 is 0. The van der Waals surface area contributed by atoms with E-state index in [2.05, 4.69) is 25.2 Å². The quantitative estimate of drug-likeness (QED) is 0.396. The summed E-state index contributed by atoms with van der Waals surface area (Å²) in [6.07, 6.45) is 2.28. The largest absolute Gasteiger partial charge is 0.478 e. The monoisotopic (exact) mass is 429 g/mol. The van der Waals surface area contributed by atoms with Crippen LogP contribution >= 0.6 is 0 Å². The Morgan fingerprint density at radius 1 is 1.09 bits per heavy atom. The number of imidazole rings is 1. The van der Waals surface area contributed by atoms with Crippen LogP contribution in [0.1, 0.15) is 23.2 Å². The van der Waals surface area contributed by atoms with Crippen LogP contribution in [0.15, 0.2) is 47.3 Å². The fourth-order valence-electron chi connectivity index (χ4n) is 5.19. The number of anilines is 1. The van der Waals surface area contributed by atoms with Gasteiger partial charge in [-0.15, -0.1) is 0 Å². The van der Waals surface area contributed by atoms with E-state index >= 15 is 0 Å². The molecule has 3 saturated heterocycles. The first kappa shape index (κ1) is 19.1. The fraction of sp³-hybridized carbons (Fsp3) is 0.292. The second-order valence-corrected chi connectivity index (χ2v) is 8.76. The summed E-state index contributed by atoms with van der Waals surface area (Å²) in [6.45, 7) is 3.18. The van der Waals surface area contributed by atoms with Gasteiger partial charge >= 0.3 is 5.97 Å². The molecule has 0 amide bonds. The van der Waals surface area contributed by atoms with Gasteiger partial charge in [-0.3, -0.25) is 4.79 Å². The Morgan fingerprint density at radius 2 is 1.91 bits per heavy atom. The van der Waals surface area contributed by atoms with Crippen molar-refractivity contribution in [3.8, 4) is 11.4 Å². The number of aromatic carboxylic acids is 1. The summed E-state index contributed by atoms with van der Waals surface area (Å²) in [5.74, 6) is 0.0256. The van der Waals surface area contributed by atoms with Crippen molar-refractivity contribution in [1.29, 1.82) is 0 Å². The molecule has 3 aliphatic rings. The van der Waals surface area contributed by atoms with Crippen molar-refractivity contribution in [2.45, 2.75) is 18.9 Å². The van der Waals surface area contributed by atoms with Gasteiger partial charge in [-0.25, -0.2) is 9.78 Å². The van der Waals surface area contributed by atoms with E-state index < -0.39 is 5.97 Å². The van der Waals surface area contributed by atoms with Crippen LogP contribution in [0, 0.1) is 5.92 Å². The first-order valence-electron chi connectivity index (χ1n) is 10.9. The summed E-state index contributed by atoms with van der Waals surface area (Å²) in [7, 11) is 0. The Morgan fingerprint density at radius 3 is 2.62 bits per heavy atom. The smallest absolute Gasteiger partial charge is 0.335 e. The molecule has 0 unspecified atom stereocenters. The van der Waals surface area contributed by atoms with Gasteiger partial charge in [-0.05, 0) is 62.2 Å². The molecule has 4 N–H and O–H groups in total. The van der Waals surface area contributed by atoms with Gasteiger partial charge < -0.3 is 25.3 Å². The molecule has 0 aliphatic carbocycles. The number of rotatable bonds is 4. The maximum Gasteiger partial charge on any atom is 0.335 e. The van der Waals surface area contributed by atoms with Gasteiger partial charge in [0.05, 0.1) is 27.8 Å². The lowest BCUT2D eigenvalue weighted by Gasteiger charge is -2.45. The van der Waals surface area contributed by atoms with Crippen molar-refractivity contribution in [3.63, 3.8) is 0 Å². The van der Waals surface area contributed by atoms with Crippen LogP contribution in [0.4, 0.5) is 5.69 Å². The predicted molar refractivity (Wildman–Crippen MR) is 123 cm³/mol. The van der Waals surface area contributed by atoms with Crippen molar-refractivity contribution < 1.29 is 9.90 Å². The summed E-state index contributed by atoms with van der Waals surface area (Å²) in [5.41, 5.74) is 3.14. The van der Waals surface area contributed by atoms with Gasteiger partial charge in [0.15, 0.2) is 0 Å². The van der Waals surface area contributed by atoms with Crippen LogP contribution in [0.3, 0.4) is 0 Å². The highest BCUT2D eigenvalue weighted by Crippen LogP contribution is 2.35. The molecule has 3 aliphatic heterocycles. The molecular weight excluding hydrogens is 406 g/mol. The van der Waals surface area contributed by atoms with Crippen LogP contribution in [0.2, 0.25) is 0 Å². The number of carboxylic acid groups (broad SMARTS) is 1. The Hall–Kier alpha value is -3.65. The number of carboxylic acids is 1. The zero-order valence-corrected chi connectivity index (χ0v) is 17.4. The molecule has 3 fully saturated rings. The van der Waals surface area contributed by atoms with E-state index in [1.54, 1.807) is 12.1 Å². The summed E-state index contributed by atoms with van der Waals surface area (Å²) in [4.78, 5) is 38.1. The Bertz CT molecular complexity index is 1380. The summed E-state index contributed by atoms with van der Waals surface area (Å²) in [6, 6.07) is 12.8. The second-order valence-electron chi connectivity index (χ2n) is 8.76. The number of benzene rings is 2. The number of pyridine rings is 1. The predicted octanol–water partition coefficient (Wildman–Crippen LogP) is 3.28. The minimum Gasteiger partial charge on any atom is -0.478 e. The number of aromatic nitrogens is 3. The molecule has 0 radical (unpaired) electrons. The third-order valence-corrected chi connectivity index (χ3v) is 6.87. The van der Waals surface area contributed by atoms with E-state index in [0.717, 1.165) is 48.9 Å². The number of H-pyrrole nitrogens is 2. The molecule has 162 valence electrons. The number of para-hydroxylation sites is 2. The number of carbonyl (C=O) groups is 1. The van der Waals surface area contributed by atoms with Gasteiger partial charge in [0.25, 0.3) is 5.56 Å². The molecule has 2 aromatic heterocycles. The normalized spacial score (nSPS) is 22.4. The number of nitrogens with zero attached hydrogens (tertiary/aromatic N) is 2. The highest BCUT2D eigenvalue weighted by Gasteiger charge is 2.35. The van der Waals surface area contributed by atoms with E-state index in [1.807, 2.05) is 24.3 Å². The van der Waals surface area contributed by atoms with E-state index in [1.165, 1.54) is 6.07 Å². The van der Waals surface area contributed by atoms with E-state index in [-0.39, 0.29) is 17.2 Å². The Balaban J connectivity index is 1.56.